The van der Waals surface area contributed by atoms with E-state index in [2.05, 4.69) is 10.3 Å². The van der Waals surface area contributed by atoms with Gasteiger partial charge in [0.05, 0.1) is 5.69 Å². The minimum Gasteiger partial charge on any atom is -0.437 e. The van der Waals surface area contributed by atoms with E-state index in [1.165, 1.54) is 6.92 Å². The molecule has 1 amide bonds. The van der Waals surface area contributed by atoms with E-state index in [0.717, 1.165) is 0 Å². The lowest BCUT2D eigenvalue weighted by atomic mass is 10.3. The Balaban J connectivity index is 2.26. The summed E-state index contributed by atoms with van der Waals surface area (Å²) in [4.78, 5) is 15.1. The number of rotatable bonds is 3. The van der Waals surface area contributed by atoms with Gasteiger partial charge in [0.15, 0.2) is 5.75 Å². The van der Waals surface area contributed by atoms with Crippen molar-refractivity contribution in [1.82, 2.24) is 4.98 Å². The highest BCUT2D eigenvalue weighted by Gasteiger charge is 2.06. The summed E-state index contributed by atoms with van der Waals surface area (Å²) >= 11 is 0. The Bertz CT molecular complexity index is 570. The number of benzene rings is 1. The Labute approximate surface area is 105 Å². The maximum absolute atomic E-state index is 11.1. The molecule has 0 atom stereocenters. The fourth-order valence-corrected chi connectivity index (χ4v) is 1.44. The van der Waals surface area contributed by atoms with Gasteiger partial charge in [-0.3, -0.25) is 4.79 Å². The molecule has 5 heteroatoms. The van der Waals surface area contributed by atoms with Crippen molar-refractivity contribution in [2.75, 3.05) is 11.1 Å². The third-order valence-corrected chi connectivity index (χ3v) is 2.17. The van der Waals surface area contributed by atoms with E-state index in [1.807, 2.05) is 12.1 Å². The molecule has 2 aromatic rings. The molecule has 0 aliphatic rings. The van der Waals surface area contributed by atoms with Gasteiger partial charge in [-0.15, -0.1) is 0 Å². The Morgan fingerprint density at radius 2 is 2.11 bits per heavy atom. The summed E-state index contributed by atoms with van der Waals surface area (Å²) in [5.74, 6) is 0.741. The van der Waals surface area contributed by atoms with Crippen LogP contribution in [0.5, 0.6) is 11.6 Å². The number of nitrogens with one attached hydrogen (secondary N) is 1. The van der Waals surface area contributed by atoms with Crippen molar-refractivity contribution < 1.29 is 9.53 Å². The predicted octanol–water partition coefficient (Wildman–Crippen LogP) is 2.41. The van der Waals surface area contributed by atoms with Gasteiger partial charge in [-0.25, -0.2) is 4.98 Å². The second kappa shape index (κ2) is 5.18. The summed E-state index contributed by atoms with van der Waals surface area (Å²) in [7, 11) is 0. The normalized spacial score (nSPS) is 9.83. The summed E-state index contributed by atoms with van der Waals surface area (Å²) in [6.45, 7) is 1.44. The molecule has 0 aliphatic carbocycles. The molecule has 1 aromatic carbocycles. The smallest absolute Gasteiger partial charge is 0.221 e. The van der Waals surface area contributed by atoms with Gasteiger partial charge in [-0.2, -0.15) is 0 Å². The summed E-state index contributed by atoms with van der Waals surface area (Å²) < 4.78 is 5.59. The van der Waals surface area contributed by atoms with Gasteiger partial charge in [0.2, 0.25) is 11.8 Å². The number of para-hydroxylation sites is 2. The largest absolute Gasteiger partial charge is 0.437 e. The monoisotopic (exact) mass is 243 g/mol. The number of nitrogens with zero attached hydrogens (tertiary/aromatic N) is 1. The number of nitrogen functional groups attached to an aromatic ring is 1. The topological polar surface area (TPSA) is 77.2 Å². The number of ether oxygens (including phenoxy) is 1. The first-order chi connectivity index (χ1) is 8.65. The standard InChI is InChI=1S/C13H13N3O2/c1-9(17)16-11-4-2-3-5-12(11)18-13-8-10(14)6-7-15-13/h2-8H,1H3,(H2,14,15)(H,16,17). The zero-order chi connectivity index (χ0) is 13.0. The second-order valence-electron chi connectivity index (χ2n) is 3.71. The van der Waals surface area contributed by atoms with Gasteiger partial charge >= 0.3 is 0 Å². The Morgan fingerprint density at radius 3 is 2.83 bits per heavy atom. The molecule has 0 bridgehead atoms. The average molecular weight is 243 g/mol. The number of carbonyl (C=O) groups excluding carboxylic acids is 1. The Morgan fingerprint density at radius 1 is 1.33 bits per heavy atom. The van der Waals surface area contributed by atoms with Crippen molar-refractivity contribution in [2.24, 2.45) is 0 Å². The van der Waals surface area contributed by atoms with Gasteiger partial charge < -0.3 is 15.8 Å². The molecule has 3 N–H and O–H groups in total. The molecule has 0 fully saturated rings. The summed E-state index contributed by atoms with van der Waals surface area (Å²) in [6.07, 6.45) is 1.56. The molecule has 0 saturated heterocycles. The number of hydrogen-bond acceptors (Lipinski definition) is 4. The fraction of sp³-hybridized carbons (Fsp3) is 0.0769. The molecule has 1 aromatic heterocycles. The van der Waals surface area contributed by atoms with Gasteiger partial charge in [0.25, 0.3) is 0 Å². The van der Waals surface area contributed by atoms with Gasteiger partial charge in [0, 0.05) is 24.9 Å². The number of nitrogens with two attached hydrogens (primary N) is 1. The Kier molecular flexibility index (Phi) is 3.43. The van der Waals surface area contributed by atoms with Crippen LogP contribution in [0.2, 0.25) is 0 Å². The molecule has 0 unspecified atom stereocenters. The molecule has 0 aliphatic heterocycles. The highest BCUT2D eigenvalue weighted by molar-refractivity contribution is 5.90. The minimum absolute atomic E-state index is 0.161. The van der Waals surface area contributed by atoms with E-state index in [9.17, 15) is 4.79 Å². The zero-order valence-corrected chi connectivity index (χ0v) is 9.88. The van der Waals surface area contributed by atoms with E-state index < -0.39 is 0 Å². The van der Waals surface area contributed by atoms with Crippen LogP contribution in [0.25, 0.3) is 0 Å². The van der Waals surface area contributed by atoms with Gasteiger partial charge in [0.1, 0.15) is 0 Å². The van der Waals surface area contributed by atoms with Crippen molar-refractivity contribution in [3.8, 4) is 11.6 Å². The van der Waals surface area contributed by atoms with Gasteiger partial charge in [-0.05, 0) is 18.2 Å². The van der Waals surface area contributed by atoms with E-state index in [-0.39, 0.29) is 5.91 Å². The summed E-state index contributed by atoms with van der Waals surface area (Å²) in [6, 6.07) is 10.4. The molecular formula is C13H13N3O2. The lowest BCUT2D eigenvalue weighted by molar-refractivity contribution is -0.114. The van der Waals surface area contributed by atoms with Crippen LogP contribution in [0.1, 0.15) is 6.92 Å². The summed E-state index contributed by atoms with van der Waals surface area (Å²) in [5.41, 5.74) is 6.80. The number of aromatic nitrogens is 1. The number of pyridine rings is 1. The highest BCUT2D eigenvalue weighted by Crippen LogP contribution is 2.28. The quantitative estimate of drug-likeness (QED) is 0.867. The second-order valence-corrected chi connectivity index (χ2v) is 3.71. The van der Waals surface area contributed by atoms with Crippen molar-refractivity contribution in [3.05, 3.63) is 42.6 Å². The van der Waals surface area contributed by atoms with Crippen LogP contribution in [0.4, 0.5) is 11.4 Å². The molecule has 18 heavy (non-hydrogen) atoms. The number of amides is 1. The number of anilines is 2. The van der Waals surface area contributed by atoms with Crippen molar-refractivity contribution in [2.45, 2.75) is 6.92 Å². The van der Waals surface area contributed by atoms with Crippen LogP contribution in [0.15, 0.2) is 42.6 Å². The van der Waals surface area contributed by atoms with Crippen LogP contribution < -0.4 is 15.8 Å². The maximum Gasteiger partial charge on any atom is 0.221 e. The lowest BCUT2D eigenvalue weighted by Crippen LogP contribution is -2.06. The molecule has 0 saturated carbocycles. The first kappa shape index (κ1) is 11.9. The van der Waals surface area contributed by atoms with Gasteiger partial charge in [-0.1, -0.05) is 12.1 Å². The first-order valence-electron chi connectivity index (χ1n) is 5.41. The first-order valence-corrected chi connectivity index (χ1v) is 5.41. The number of carbonyl (C=O) groups is 1. The van der Waals surface area contributed by atoms with E-state index in [0.29, 0.717) is 23.0 Å². The fourth-order valence-electron chi connectivity index (χ4n) is 1.44. The highest BCUT2D eigenvalue weighted by atomic mass is 16.5. The third-order valence-electron chi connectivity index (χ3n) is 2.17. The van der Waals surface area contributed by atoms with Crippen molar-refractivity contribution in [3.63, 3.8) is 0 Å². The zero-order valence-electron chi connectivity index (χ0n) is 9.88. The molecule has 5 nitrogen and oxygen atoms in total. The predicted molar refractivity (Wildman–Crippen MR) is 69.5 cm³/mol. The molecule has 92 valence electrons. The van der Waals surface area contributed by atoms with Crippen molar-refractivity contribution >= 4 is 17.3 Å². The molecule has 0 spiro atoms. The third kappa shape index (κ3) is 2.98. The van der Waals surface area contributed by atoms with Crippen LogP contribution in [0.3, 0.4) is 0 Å². The van der Waals surface area contributed by atoms with E-state index in [4.69, 9.17) is 10.5 Å². The average Bonchev–Trinajstić information content (AvgIpc) is 2.31. The van der Waals surface area contributed by atoms with Crippen LogP contribution >= 0.6 is 0 Å². The van der Waals surface area contributed by atoms with Crippen molar-refractivity contribution in [1.29, 1.82) is 0 Å². The summed E-state index contributed by atoms with van der Waals surface area (Å²) in [5, 5.41) is 2.69. The van der Waals surface area contributed by atoms with Crippen LogP contribution in [-0.4, -0.2) is 10.9 Å². The van der Waals surface area contributed by atoms with Crippen LogP contribution in [0, 0.1) is 0 Å². The molecule has 1 heterocycles. The molecular weight excluding hydrogens is 230 g/mol. The maximum atomic E-state index is 11.1. The molecule has 0 radical (unpaired) electrons. The Hall–Kier alpha value is -2.56. The molecule has 2 rings (SSSR count). The number of hydrogen-bond donors (Lipinski definition) is 2. The van der Waals surface area contributed by atoms with Crippen LogP contribution in [-0.2, 0) is 4.79 Å². The van der Waals surface area contributed by atoms with E-state index in [1.54, 1.807) is 30.5 Å². The lowest BCUT2D eigenvalue weighted by Gasteiger charge is -2.10. The minimum atomic E-state index is -0.161. The van der Waals surface area contributed by atoms with E-state index >= 15 is 0 Å². The SMILES string of the molecule is CC(=O)Nc1ccccc1Oc1cc(N)ccn1.